The molecule has 0 aliphatic rings. The van der Waals surface area contributed by atoms with Gasteiger partial charge in [-0.25, -0.2) is 4.79 Å². The number of hydrogen-bond donors (Lipinski definition) is 1. The van der Waals surface area contributed by atoms with Gasteiger partial charge in [0.25, 0.3) is 0 Å². The average Bonchev–Trinajstić information content (AvgIpc) is 2.15. The van der Waals surface area contributed by atoms with Gasteiger partial charge in [0.2, 0.25) is 0 Å². The minimum Gasteiger partial charge on any atom is -0.481 e. The number of carboxylic acid groups (broad SMARTS) is 1. The third-order valence-electron chi connectivity index (χ3n) is 2.39. The molecule has 0 radical (unpaired) electrons. The standard InChI is InChI=1S/C13H22O4/c1-10(2)12(16)17-13(3,4)9-7-5-6-8-11(14)15/h1,5-9H2,2-4H3,(H,14,15). The minimum absolute atomic E-state index is 0.200. The van der Waals surface area contributed by atoms with Crippen LogP contribution in [0.5, 0.6) is 0 Å². The van der Waals surface area contributed by atoms with Crippen molar-refractivity contribution >= 4 is 11.9 Å². The van der Waals surface area contributed by atoms with Crippen molar-refractivity contribution in [3.05, 3.63) is 12.2 Å². The van der Waals surface area contributed by atoms with E-state index >= 15 is 0 Å². The molecule has 0 heterocycles. The van der Waals surface area contributed by atoms with E-state index in [1.165, 1.54) is 0 Å². The highest BCUT2D eigenvalue weighted by molar-refractivity contribution is 5.87. The smallest absolute Gasteiger partial charge is 0.333 e. The van der Waals surface area contributed by atoms with Gasteiger partial charge in [-0.05, 0) is 40.0 Å². The molecule has 1 N–H and O–H groups in total. The van der Waals surface area contributed by atoms with Crippen LogP contribution in [0.1, 0.15) is 52.9 Å². The van der Waals surface area contributed by atoms with Gasteiger partial charge in [-0.1, -0.05) is 13.0 Å². The number of esters is 1. The fourth-order valence-electron chi connectivity index (χ4n) is 1.39. The molecule has 0 aliphatic carbocycles. The molecule has 17 heavy (non-hydrogen) atoms. The van der Waals surface area contributed by atoms with Crippen LogP contribution in [0.2, 0.25) is 0 Å². The van der Waals surface area contributed by atoms with Crippen molar-refractivity contribution in [2.75, 3.05) is 0 Å². The summed E-state index contributed by atoms with van der Waals surface area (Å²) in [5, 5.41) is 8.47. The van der Waals surface area contributed by atoms with Crippen molar-refractivity contribution in [2.24, 2.45) is 0 Å². The van der Waals surface area contributed by atoms with Crippen LogP contribution in [0.4, 0.5) is 0 Å². The summed E-state index contributed by atoms with van der Waals surface area (Å²) in [6, 6.07) is 0. The number of rotatable bonds is 8. The normalized spacial score (nSPS) is 11.0. The molecular formula is C13H22O4. The van der Waals surface area contributed by atoms with Gasteiger partial charge in [0.15, 0.2) is 0 Å². The molecule has 0 amide bonds. The van der Waals surface area contributed by atoms with E-state index in [2.05, 4.69) is 6.58 Å². The second-order valence-electron chi connectivity index (χ2n) is 4.88. The summed E-state index contributed by atoms with van der Waals surface area (Å²) in [4.78, 5) is 21.6. The molecular weight excluding hydrogens is 220 g/mol. The van der Waals surface area contributed by atoms with Gasteiger partial charge < -0.3 is 9.84 Å². The maximum atomic E-state index is 11.3. The Kier molecular flexibility index (Phi) is 6.54. The van der Waals surface area contributed by atoms with Crippen LogP contribution >= 0.6 is 0 Å². The summed E-state index contributed by atoms with van der Waals surface area (Å²) in [5.74, 6) is -1.14. The number of unbranched alkanes of at least 4 members (excludes halogenated alkanes) is 2. The van der Waals surface area contributed by atoms with E-state index in [9.17, 15) is 9.59 Å². The monoisotopic (exact) mass is 242 g/mol. The SMILES string of the molecule is C=C(C)C(=O)OC(C)(C)CCCCCC(=O)O. The molecule has 0 bridgehead atoms. The first-order chi connectivity index (χ1) is 7.74. The van der Waals surface area contributed by atoms with Gasteiger partial charge in [-0.3, -0.25) is 4.79 Å². The molecule has 0 aromatic heterocycles. The minimum atomic E-state index is -0.766. The first kappa shape index (κ1) is 15.7. The predicted molar refractivity (Wildman–Crippen MR) is 65.7 cm³/mol. The van der Waals surface area contributed by atoms with Crippen molar-refractivity contribution in [1.29, 1.82) is 0 Å². The van der Waals surface area contributed by atoms with Crippen LogP contribution in [0, 0.1) is 0 Å². The van der Waals surface area contributed by atoms with Crippen molar-refractivity contribution in [2.45, 2.75) is 58.5 Å². The van der Waals surface area contributed by atoms with Crippen LogP contribution in [0.25, 0.3) is 0 Å². The molecule has 98 valence electrons. The third-order valence-corrected chi connectivity index (χ3v) is 2.39. The summed E-state index contributed by atoms with van der Waals surface area (Å²) in [6.45, 7) is 8.85. The Bertz CT molecular complexity index is 292. The van der Waals surface area contributed by atoms with Gasteiger partial charge in [-0.15, -0.1) is 0 Å². The van der Waals surface area contributed by atoms with Crippen LogP contribution in [-0.2, 0) is 14.3 Å². The van der Waals surface area contributed by atoms with Crippen molar-refractivity contribution in [1.82, 2.24) is 0 Å². The lowest BCUT2D eigenvalue weighted by Gasteiger charge is -2.25. The number of carbonyl (C=O) groups is 2. The molecule has 0 aromatic carbocycles. The number of carboxylic acids is 1. The molecule has 4 heteroatoms. The van der Waals surface area contributed by atoms with Crippen molar-refractivity contribution in [3.63, 3.8) is 0 Å². The summed E-state index contributed by atoms with van der Waals surface area (Å²) in [7, 11) is 0. The van der Waals surface area contributed by atoms with Gasteiger partial charge >= 0.3 is 11.9 Å². The summed E-state index contributed by atoms with van der Waals surface area (Å²) >= 11 is 0. The number of aliphatic carboxylic acids is 1. The second kappa shape index (κ2) is 7.09. The topological polar surface area (TPSA) is 63.6 Å². The fourth-order valence-corrected chi connectivity index (χ4v) is 1.39. The zero-order valence-corrected chi connectivity index (χ0v) is 10.9. The van der Waals surface area contributed by atoms with E-state index in [0.717, 1.165) is 19.3 Å². The molecule has 0 rings (SSSR count). The summed E-state index contributed by atoms with van der Waals surface area (Å²) in [6.07, 6.45) is 3.28. The number of ether oxygens (including phenoxy) is 1. The highest BCUT2D eigenvalue weighted by Crippen LogP contribution is 2.20. The molecule has 0 atom stereocenters. The molecule has 0 spiro atoms. The van der Waals surface area contributed by atoms with Crippen molar-refractivity contribution < 1.29 is 19.4 Å². The van der Waals surface area contributed by atoms with E-state index in [1.807, 2.05) is 13.8 Å². The Labute approximate surface area is 103 Å². The Balaban J connectivity index is 3.82. The lowest BCUT2D eigenvalue weighted by atomic mass is 9.99. The maximum Gasteiger partial charge on any atom is 0.333 e. The largest absolute Gasteiger partial charge is 0.481 e. The quantitative estimate of drug-likeness (QED) is 0.404. The second-order valence-corrected chi connectivity index (χ2v) is 4.88. The van der Waals surface area contributed by atoms with Gasteiger partial charge in [0.1, 0.15) is 5.60 Å². The molecule has 0 aromatic rings. The van der Waals surface area contributed by atoms with Crippen LogP contribution in [-0.4, -0.2) is 22.6 Å². The van der Waals surface area contributed by atoms with E-state index < -0.39 is 11.6 Å². The lowest BCUT2D eigenvalue weighted by molar-refractivity contribution is -0.152. The molecule has 0 fully saturated rings. The van der Waals surface area contributed by atoms with Crippen LogP contribution < -0.4 is 0 Å². The zero-order chi connectivity index (χ0) is 13.5. The molecule has 0 unspecified atom stereocenters. The highest BCUT2D eigenvalue weighted by atomic mass is 16.6. The van der Waals surface area contributed by atoms with E-state index in [-0.39, 0.29) is 12.4 Å². The Morgan fingerprint density at radius 1 is 1.24 bits per heavy atom. The number of hydrogen-bond acceptors (Lipinski definition) is 3. The first-order valence-electron chi connectivity index (χ1n) is 5.85. The van der Waals surface area contributed by atoms with Crippen LogP contribution in [0.15, 0.2) is 12.2 Å². The summed E-state index contributed by atoms with van der Waals surface area (Å²) in [5.41, 5.74) is -0.122. The molecule has 0 saturated carbocycles. The van der Waals surface area contributed by atoms with E-state index in [1.54, 1.807) is 6.92 Å². The first-order valence-corrected chi connectivity index (χ1v) is 5.85. The molecule has 0 aliphatic heterocycles. The fraction of sp³-hybridized carbons (Fsp3) is 0.692. The molecule has 0 saturated heterocycles. The predicted octanol–water partition coefficient (Wildman–Crippen LogP) is 2.92. The lowest BCUT2D eigenvalue weighted by Crippen LogP contribution is -2.28. The zero-order valence-electron chi connectivity index (χ0n) is 10.9. The highest BCUT2D eigenvalue weighted by Gasteiger charge is 2.22. The van der Waals surface area contributed by atoms with Crippen LogP contribution in [0.3, 0.4) is 0 Å². The van der Waals surface area contributed by atoms with Gasteiger partial charge in [0.05, 0.1) is 0 Å². The molecule has 4 nitrogen and oxygen atoms in total. The van der Waals surface area contributed by atoms with Gasteiger partial charge in [0, 0.05) is 12.0 Å². The Hall–Kier alpha value is -1.32. The number of carbonyl (C=O) groups excluding carboxylic acids is 1. The average molecular weight is 242 g/mol. The maximum absolute atomic E-state index is 11.3. The Morgan fingerprint density at radius 3 is 2.29 bits per heavy atom. The third kappa shape index (κ3) is 8.48. The Morgan fingerprint density at radius 2 is 1.82 bits per heavy atom. The van der Waals surface area contributed by atoms with Gasteiger partial charge in [-0.2, -0.15) is 0 Å². The summed E-state index contributed by atoms with van der Waals surface area (Å²) < 4.78 is 5.27. The van der Waals surface area contributed by atoms with E-state index in [4.69, 9.17) is 9.84 Å². The van der Waals surface area contributed by atoms with Crippen molar-refractivity contribution in [3.8, 4) is 0 Å². The van der Waals surface area contributed by atoms with E-state index in [0.29, 0.717) is 12.0 Å².